The van der Waals surface area contributed by atoms with Gasteiger partial charge in [-0.25, -0.2) is 4.79 Å². The van der Waals surface area contributed by atoms with E-state index >= 15 is 0 Å². The Kier molecular flexibility index (Phi) is 5.13. The summed E-state index contributed by atoms with van der Waals surface area (Å²) < 4.78 is 10.8. The molecule has 5 rings (SSSR count). The van der Waals surface area contributed by atoms with Gasteiger partial charge < -0.3 is 24.8 Å². The zero-order valence-electron chi connectivity index (χ0n) is 19.0. The molecule has 0 bridgehead atoms. The van der Waals surface area contributed by atoms with Crippen molar-refractivity contribution < 1.29 is 29.6 Å². The summed E-state index contributed by atoms with van der Waals surface area (Å²) in [4.78, 5) is 11.7. The van der Waals surface area contributed by atoms with Gasteiger partial charge in [0, 0.05) is 24.2 Å². The molecule has 0 aromatic heterocycles. The molecule has 31 heavy (non-hydrogen) atoms. The lowest BCUT2D eigenvalue weighted by Gasteiger charge is -2.68. The van der Waals surface area contributed by atoms with E-state index in [0.717, 1.165) is 38.5 Å². The molecule has 0 amide bonds. The summed E-state index contributed by atoms with van der Waals surface area (Å²) in [5, 5.41) is 31.4. The van der Waals surface area contributed by atoms with Gasteiger partial charge in [0.15, 0.2) is 6.29 Å². The highest BCUT2D eigenvalue weighted by Crippen LogP contribution is 2.70. The monoisotopic (exact) mass is 434 g/mol. The molecule has 174 valence electrons. The molecule has 3 N–H and O–H groups in total. The van der Waals surface area contributed by atoms with E-state index in [1.807, 2.05) is 0 Å². The topological polar surface area (TPSA) is 96.2 Å². The summed E-state index contributed by atoms with van der Waals surface area (Å²) in [6.07, 6.45) is 7.08. The standard InChI is InChI=1S/C25H38O6/c1-23(13-26)8-4-9-25(3)18(23)7-10-24(2)16-12-17(15-11-20(27)31-22(15)29)30-21(28)14(16)5-6-19(24)25/h11,14,16-19,21-22,26,28-29H,4-10,12-13H2,1-3H3/t14-,16-,17+,18-,19-,21-,22+,23+,24-,25-/m0/s1. The Hall–Kier alpha value is -0.950. The molecule has 0 unspecified atom stereocenters. The summed E-state index contributed by atoms with van der Waals surface area (Å²) in [6, 6.07) is 0. The number of rotatable bonds is 2. The Balaban J connectivity index is 1.47. The van der Waals surface area contributed by atoms with Gasteiger partial charge in [0.05, 0.1) is 6.10 Å². The minimum atomic E-state index is -1.27. The average molecular weight is 435 g/mol. The van der Waals surface area contributed by atoms with Gasteiger partial charge in [-0.15, -0.1) is 0 Å². The average Bonchev–Trinajstić information content (AvgIpc) is 3.06. The fourth-order valence-electron chi connectivity index (χ4n) is 9.06. The maximum Gasteiger partial charge on any atom is 0.333 e. The van der Waals surface area contributed by atoms with Crippen molar-refractivity contribution in [3.05, 3.63) is 11.6 Å². The quantitative estimate of drug-likeness (QED) is 0.578. The molecule has 3 aliphatic carbocycles. The highest BCUT2D eigenvalue weighted by atomic mass is 16.6. The number of carbonyl (C=O) groups is 1. The number of aliphatic hydroxyl groups is 3. The van der Waals surface area contributed by atoms with Crippen LogP contribution < -0.4 is 0 Å². The minimum absolute atomic E-state index is 0.000622. The van der Waals surface area contributed by atoms with Crippen molar-refractivity contribution in [1.82, 2.24) is 0 Å². The van der Waals surface area contributed by atoms with E-state index in [0.29, 0.717) is 23.8 Å². The number of esters is 1. The molecule has 10 atom stereocenters. The van der Waals surface area contributed by atoms with Crippen molar-refractivity contribution in [2.45, 2.75) is 90.8 Å². The number of ether oxygens (including phenoxy) is 2. The number of hydrogen-bond donors (Lipinski definition) is 3. The molecule has 0 aromatic rings. The van der Waals surface area contributed by atoms with E-state index in [4.69, 9.17) is 9.47 Å². The SMILES string of the molecule is C[C@]1(CO)CCC[C@]2(C)[C@H]3CC[C@@H]4[C@@H](O)O[C@@H](C5=CC(=O)O[C@H]5O)C[C@@H]4[C@]3(C)CC[C@@H]12. The Labute approximate surface area is 185 Å². The second-order valence-electron chi connectivity index (χ2n) is 11.9. The number of carbonyl (C=O) groups excluding carboxylic acids is 1. The van der Waals surface area contributed by atoms with Crippen molar-refractivity contribution in [3.63, 3.8) is 0 Å². The highest BCUT2D eigenvalue weighted by molar-refractivity contribution is 5.85. The van der Waals surface area contributed by atoms with E-state index in [1.165, 1.54) is 12.5 Å². The summed E-state index contributed by atoms with van der Waals surface area (Å²) in [5.74, 6) is 0.871. The van der Waals surface area contributed by atoms with Gasteiger partial charge in [-0.2, -0.15) is 0 Å². The van der Waals surface area contributed by atoms with Crippen LogP contribution in [0.15, 0.2) is 11.6 Å². The smallest absolute Gasteiger partial charge is 0.333 e. The molecule has 5 aliphatic rings. The first-order chi connectivity index (χ1) is 14.6. The highest BCUT2D eigenvalue weighted by Gasteiger charge is 2.64. The second kappa shape index (κ2) is 7.28. The van der Waals surface area contributed by atoms with Crippen LogP contribution in [0.3, 0.4) is 0 Å². The van der Waals surface area contributed by atoms with Gasteiger partial charge in [-0.05, 0) is 78.9 Å². The first kappa shape index (κ1) is 21.9. The third kappa shape index (κ3) is 3.08. The molecule has 0 aromatic carbocycles. The van der Waals surface area contributed by atoms with Crippen molar-refractivity contribution >= 4 is 5.97 Å². The Morgan fingerprint density at radius 2 is 1.81 bits per heavy atom. The summed E-state index contributed by atoms with van der Waals surface area (Å²) in [6.45, 7) is 7.42. The van der Waals surface area contributed by atoms with Gasteiger partial charge in [-0.1, -0.05) is 27.2 Å². The van der Waals surface area contributed by atoms with Crippen LogP contribution in [0.4, 0.5) is 0 Å². The molecule has 1 saturated heterocycles. The zero-order chi connectivity index (χ0) is 22.2. The van der Waals surface area contributed by atoms with E-state index in [-0.39, 0.29) is 34.7 Å². The summed E-state index contributed by atoms with van der Waals surface area (Å²) in [5.41, 5.74) is 0.704. The Morgan fingerprint density at radius 1 is 1.03 bits per heavy atom. The van der Waals surface area contributed by atoms with Crippen molar-refractivity contribution in [2.75, 3.05) is 6.61 Å². The summed E-state index contributed by atoms with van der Waals surface area (Å²) in [7, 11) is 0. The van der Waals surface area contributed by atoms with E-state index in [9.17, 15) is 20.1 Å². The Morgan fingerprint density at radius 3 is 2.48 bits per heavy atom. The Bertz CT molecular complexity index is 780. The fraction of sp³-hybridized carbons (Fsp3) is 0.880. The van der Waals surface area contributed by atoms with Gasteiger partial charge in [0.1, 0.15) is 0 Å². The number of cyclic esters (lactones) is 1. The molecule has 0 spiro atoms. The van der Waals surface area contributed by atoms with Crippen LogP contribution in [-0.4, -0.2) is 46.6 Å². The van der Waals surface area contributed by atoms with Gasteiger partial charge in [-0.3, -0.25) is 0 Å². The first-order valence-electron chi connectivity index (χ1n) is 12.2. The predicted octanol–water partition coefficient (Wildman–Crippen LogP) is 3.14. The minimum Gasteiger partial charge on any atom is -0.429 e. The molecule has 2 aliphatic heterocycles. The normalized spacial score (nSPS) is 54.3. The largest absolute Gasteiger partial charge is 0.429 e. The third-order valence-electron chi connectivity index (χ3n) is 10.5. The maximum absolute atomic E-state index is 11.7. The van der Waals surface area contributed by atoms with Crippen LogP contribution in [0.25, 0.3) is 0 Å². The van der Waals surface area contributed by atoms with E-state index < -0.39 is 24.7 Å². The summed E-state index contributed by atoms with van der Waals surface area (Å²) >= 11 is 0. The molecular weight excluding hydrogens is 396 g/mol. The number of fused-ring (bicyclic) bond motifs is 5. The third-order valence-corrected chi connectivity index (χ3v) is 10.5. The maximum atomic E-state index is 11.7. The van der Waals surface area contributed by atoms with Crippen LogP contribution in [0.5, 0.6) is 0 Å². The van der Waals surface area contributed by atoms with Gasteiger partial charge >= 0.3 is 5.97 Å². The first-order valence-corrected chi connectivity index (χ1v) is 12.2. The number of aliphatic hydroxyl groups excluding tert-OH is 3. The number of hydrogen-bond acceptors (Lipinski definition) is 6. The molecular formula is C25H38O6. The van der Waals surface area contributed by atoms with Crippen LogP contribution in [0, 0.1) is 39.9 Å². The molecule has 0 radical (unpaired) electrons. The van der Waals surface area contributed by atoms with Crippen molar-refractivity contribution in [1.29, 1.82) is 0 Å². The molecule has 3 saturated carbocycles. The molecule has 6 heteroatoms. The van der Waals surface area contributed by atoms with Crippen LogP contribution in [0.2, 0.25) is 0 Å². The van der Waals surface area contributed by atoms with Crippen LogP contribution >= 0.6 is 0 Å². The zero-order valence-corrected chi connectivity index (χ0v) is 19.0. The fourth-order valence-corrected chi connectivity index (χ4v) is 9.06. The van der Waals surface area contributed by atoms with Crippen LogP contribution in [-0.2, 0) is 14.3 Å². The lowest BCUT2D eigenvalue weighted by molar-refractivity contribution is -0.264. The predicted molar refractivity (Wildman–Crippen MR) is 113 cm³/mol. The van der Waals surface area contributed by atoms with Gasteiger partial charge in [0.25, 0.3) is 0 Å². The van der Waals surface area contributed by atoms with Crippen LogP contribution in [0.1, 0.15) is 72.1 Å². The molecule has 2 heterocycles. The van der Waals surface area contributed by atoms with Crippen molar-refractivity contribution in [2.24, 2.45) is 39.9 Å². The van der Waals surface area contributed by atoms with E-state index in [2.05, 4.69) is 20.8 Å². The van der Waals surface area contributed by atoms with E-state index in [1.54, 1.807) is 0 Å². The molecule has 6 nitrogen and oxygen atoms in total. The molecule has 4 fully saturated rings. The lowest BCUT2D eigenvalue weighted by Crippen LogP contribution is -2.62. The lowest BCUT2D eigenvalue weighted by atomic mass is 9.38. The second-order valence-corrected chi connectivity index (χ2v) is 11.9. The van der Waals surface area contributed by atoms with Gasteiger partial charge in [0.2, 0.25) is 6.29 Å². The van der Waals surface area contributed by atoms with Crippen molar-refractivity contribution in [3.8, 4) is 0 Å².